The van der Waals surface area contributed by atoms with Crippen LogP contribution < -0.4 is 10.5 Å². The van der Waals surface area contributed by atoms with Crippen LogP contribution in [-0.4, -0.2) is 23.8 Å². The van der Waals surface area contributed by atoms with Crippen molar-refractivity contribution in [3.8, 4) is 0 Å². The van der Waals surface area contributed by atoms with Gasteiger partial charge in [-0.3, -0.25) is 4.40 Å². The van der Waals surface area contributed by atoms with E-state index in [1.807, 2.05) is 6.92 Å². The first-order chi connectivity index (χ1) is 9.81. The van der Waals surface area contributed by atoms with E-state index in [-0.39, 0.29) is 16.9 Å². The first-order valence-electron chi connectivity index (χ1n) is 7.04. The topological polar surface area (TPSA) is 89.5 Å². The maximum Gasteiger partial charge on any atom is 0.260 e. The number of nitrogens with two attached hydrogens (primary N) is 1. The normalized spacial score (nSPS) is 14.1. The molecule has 1 atom stereocenters. The van der Waals surface area contributed by atoms with E-state index in [0.29, 0.717) is 10.9 Å². The second kappa shape index (κ2) is 6.33. The van der Waals surface area contributed by atoms with E-state index in [9.17, 15) is 8.42 Å². The summed E-state index contributed by atoms with van der Waals surface area (Å²) in [5.74, 6) is 0.674. The van der Waals surface area contributed by atoms with Crippen LogP contribution in [0.1, 0.15) is 40.0 Å². The molecule has 2 heterocycles. The highest BCUT2D eigenvalue weighted by Crippen LogP contribution is 2.23. The summed E-state index contributed by atoms with van der Waals surface area (Å²) >= 11 is 1.35. The molecular weight excluding hydrogens is 308 g/mol. The van der Waals surface area contributed by atoms with Crippen molar-refractivity contribution in [2.24, 2.45) is 5.92 Å². The fourth-order valence-corrected chi connectivity index (χ4v) is 4.53. The molecule has 0 saturated heterocycles. The SMILES string of the molecule is CC(C)CCCC(C)NS(=O)(=O)c1c(N)nc2sccn12. The molecule has 0 aliphatic heterocycles. The number of aromatic nitrogens is 2. The van der Waals surface area contributed by atoms with E-state index in [4.69, 9.17) is 5.73 Å². The molecule has 0 aliphatic carbocycles. The predicted molar refractivity (Wildman–Crippen MR) is 86.0 cm³/mol. The monoisotopic (exact) mass is 330 g/mol. The third kappa shape index (κ3) is 3.75. The van der Waals surface area contributed by atoms with Gasteiger partial charge in [0.15, 0.2) is 15.8 Å². The van der Waals surface area contributed by atoms with Gasteiger partial charge in [-0.1, -0.05) is 26.7 Å². The van der Waals surface area contributed by atoms with Crippen LogP contribution in [0.15, 0.2) is 16.6 Å². The summed E-state index contributed by atoms with van der Waals surface area (Å²) in [6.45, 7) is 6.20. The molecule has 3 N–H and O–H groups in total. The molecule has 0 fully saturated rings. The van der Waals surface area contributed by atoms with Crippen molar-refractivity contribution in [2.45, 2.75) is 51.1 Å². The van der Waals surface area contributed by atoms with Crippen LogP contribution in [0.2, 0.25) is 0 Å². The van der Waals surface area contributed by atoms with Crippen molar-refractivity contribution in [1.29, 1.82) is 0 Å². The predicted octanol–water partition coefficient (Wildman–Crippen LogP) is 2.47. The number of nitrogen functional groups attached to an aromatic ring is 1. The molecule has 0 radical (unpaired) electrons. The van der Waals surface area contributed by atoms with E-state index in [1.165, 1.54) is 15.7 Å². The van der Waals surface area contributed by atoms with E-state index < -0.39 is 10.0 Å². The van der Waals surface area contributed by atoms with Gasteiger partial charge in [-0.25, -0.2) is 18.1 Å². The Hall–Kier alpha value is -1.12. The Bertz CT molecular complexity index is 703. The fraction of sp³-hybridized carbons (Fsp3) is 0.615. The Kier molecular flexibility index (Phi) is 4.90. The van der Waals surface area contributed by atoms with Gasteiger partial charge in [0.1, 0.15) is 0 Å². The third-order valence-corrected chi connectivity index (χ3v) is 5.66. The lowest BCUT2D eigenvalue weighted by molar-refractivity contribution is 0.487. The third-order valence-electron chi connectivity index (χ3n) is 3.27. The number of anilines is 1. The Balaban J connectivity index is 2.11. The van der Waals surface area contributed by atoms with Gasteiger partial charge in [-0.05, 0) is 19.3 Å². The zero-order chi connectivity index (χ0) is 15.6. The highest BCUT2D eigenvalue weighted by molar-refractivity contribution is 7.89. The summed E-state index contributed by atoms with van der Waals surface area (Å²) in [4.78, 5) is 4.66. The summed E-state index contributed by atoms with van der Waals surface area (Å²) in [7, 11) is -3.66. The van der Waals surface area contributed by atoms with Crippen LogP contribution in [0.5, 0.6) is 0 Å². The molecule has 21 heavy (non-hydrogen) atoms. The second-order valence-electron chi connectivity index (χ2n) is 5.70. The summed E-state index contributed by atoms with van der Waals surface area (Å²) in [5.41, 5.74) is 5.76. The van der Waals surface area contributed by atoms with Crippen molar-refractivity contribution in [1.82, 2.24) is 14.1 Å². The quantitative estimate of drug-likeness (QED) is 0.816. The lowest BCUT2D eigenvalue weighted by Crippen LogP contribution is -2.33. The summed E-state index contributed by atoms with van der Waals surface area (Å²) in [6.07, 6.45) is 4.57. The summed E-state index contributed by atoms with van der Waals surface area (Å²) in [5, 5.41) is 1.82. The molecule has 0 aliphatic rings. The molecule has 0 bridgehead atoms. The van der Waals surface area contributed by atoms with Crippen LogP contribution in [0, 0.1) is 5.92 Å². The Morgan fingerprint density at radius 3 is 2.76 bits per heavy atom. The smallest absolute Gasteiger partial charge is 0.260 e. The van der Waals surface area contributed by atoms with Gasteiger partial charge in [-0.15, -0.1) is 11.3 Å². The van der Waals surface area contributed by atoms with Gasteiger partial charge < -0.3 is 5.73 Å². The first kappa shape index (κ1) is 16.3. The maximum absolute atomic E-state index is 12.5. The number of hydrogen-bond acceptors (Lipinski definition) is 5. The number of rotatable bonds is 7. The molecule has 118 valence electrons. The van der Waals surface area contributed by atoms with Crippen molar-refractivity contribution in [3.63, 3.8) is 0 Å². The van der Waals surface area contributed by atoms with Gasteiger partial charge in [0.25, 0.3) is 10.0 Å². The molecule has 0 amide bonds. The number of hydrogen-bond donors (Lipinski definition) is 2. The van der Waals surface area contributed by atoms with Gasteiger partial charge in [-0.2, -0.15) is 0 Å². The van der Waals surface area contributed by atoms with Gasteiger partial charge in [0, 0.05) is 17.6 Å². The summed E-state index contributed by atoms with van der Waals surface area (Å²) in [6, 6.07) is -0.127. The minimum Gasteiger partial charge on any atom is -0.381 e. The van der Waals surface area contributed by atoms with Crippen molar-refractivity contribution in [3.05, 3.63) is 11.6 Å². The largest absolute Gasteiger partial charge is 0.381 e. The van der Waals surface area contributed by atoms with Crippen molar-refractivity contribution < 1.29 is 8.42 Å². The molecule has 0 spiro atoms. The van der Waals surface area contributed by atoms with Crippen LogP contribution in [0.4, 0.5) is 5.82 Å². The standard InChI is InChI=1S/C13H22N4O2S2/c1-9(2)5-4-6-10(3)16-21(18,19)12-11(14)15-13-17(12)7-8-20-13/h7-10,16H,4-6,14H2,1-3H3. The lowest BCUT2D eigenvalue weighted by atomic mass is 10.0. The van der Waals surface area contributed by atoms with Crippen LogP contribution in [-0.2, 0) is 10.0 Å². The number of fused-ring (bicyclic) bond motifs is 1. The van der Waals surface area contributed by atoms with Gasteiger partial charge in [0.2, 0.25) is 0 Å². The Morgan fingerprint density at radius 2 is 2.10 bits per heavy atom. The molecule has 2 aromatic heterocycles. The minimum absolute atomic E-state index is 0.0365. The second-order valence-corrected chi connectivity index (χ2v) is 8.21. The number of imidazole rings is 1. The average Bonchev–Trinajstić information content (AvgIpc) is 2.86. The Labute approximate surface area is 129 Å². The number of thiazole rings is 1. The Morgan fingerprint density at radius 1 is 1.38 bits per heavy atom. The molecule has 8 heteroatoms. The van der Waals surface area contributed by atoms with E-state index >= 15 is 0 Å². The molecule has 2 rings (SSSR count). The van der Waals surface area contributed by atoms with E-state index in [1.54, 1.807) is 11.6 Å². The van der Waals surface area contributed by atoms with Gasteiger partial charge in [0.05, 0.1) is 0 Å². The van der Waals surface area contributed by atoms with Crippen molar-refractivity contribution >= 4 is 32.1 Å². The van der Waals surface area contributed by atoms with Crippen LogP contribution >= 0.6 is 11.3 Å². The number of nitrogens with zero attached hydrogens (tertiary/aromatic N) is 2. The molecule has 6 nitrogen and oxygen atoms in total. The first-order valence-corrected chi connectivity index (χ1v) is 9.41. The molecule has 2 aromatic rings. The lowest BCUT2D eigenvalue weighted by Gasteiger charge is -2.14. The average molecular weight is 330 g/mol. The minimum atomic E-state index is -3.66. The van der Waals surface area contributed by atoms with E-state index in [2.05, 4.69) is 23.6 Å². The van der Waals surface area contributed by atoms with Crippen LogP contribution in [0.3, 0.4) is 0 Å². The molecule has 0 aromatic carbocycles. The van der Waals surface area contributed by atoms with E-state index in [0.717, 1.165) is 19.3 Å². The van der Waals surface area contributed by atoms with Gasteiger partial charge >= 0.3 is 0 Å². The number of nitrogens with one attached hydrogen (secondary N) is 1. The highest BCUT2D eigenvalue weighted by atomic mass is 32.2. The zero-order valence-corrected chi connectivity index (χ0v) is 14.2. The number of sulfonamides is 1. The van der Waals surface area contributed by atoms with Crippen molar-refractivity contribution in [2.75, 3.05) is 5.73 Å². The highest BCUT2D eigenvalue weighted by Gasteiger charge is 2.25. The molecular formula is C13H22N4O2S2. The maximum atomic E-state index is 12.5. The summed E-state index contributed by atoms with van der Waals surface area (Å²) < 4.78 is 29.2. The molecule has 0 saturated carbocycles. The van der Waals surface area contributed by atoms with Crippen LogP contribution in [0.25, 0.3) is 4.96 Å². The zero-order valence-electron chi connectivity index (χ0n) is 12.5. The molecule has 1 unspecified atom stereocenters. The fourth-order valence-electron chi connectivity index (χ4n) is 2.26.